The molecular weight excluding hydrogens is 513 g/mol. The van der Waals surface area contributed by atoms with Crippen LogP contribution in [0.2, 0.25) is 0 Å². The van der Waals surface area contributed by atoms with Crippen LogP contribution in [0, 0.1) is 5.82 Å². The molecule has 0 spiro atoms. The van der Waals surface area contributed by atoms with Crippen molar-refractivity contribution in [2.75, 3.05) is 33.9 Å². The lowest BCUT2D eigenvalue weighted by atomic mass is 9.93. The molecule has 1 aromatic carbocycles. The van der Waals surface area contributed by atoms with Crippen molar-refractivity contribution in [3.63, 3.8) is 0 Å². The summed E-state index contributed by atoms with van der Waals surface area (Å²) in [5.74, 6) is -1.94. The first kappa shape index (κ1) is 27.4. The van der Waals surface area contributed by atoms with E-state index in [1.807, 2.05) is 0 Å². The number of aromatic hydroxyl groups is 1. The van der Waals surface area contributed by atoms with Crippen LogP contribution in [-0.2, 0) is 21.5 Å². The number of rotatable bonds is 8. The summed E-state index contributed by atoms with van der Waals surface area (Å²) in [7, 11) is 3.18. The molecule has 10 nitrogen and oxygen atoms in total. The van der Waals surface area contributed by atoms with Crippen molar-refractivity contribution >= 4 is 23.2 Å². The van der Waals surface area contributed by atoms with E-state index in [4.69, 9.17) is 4.74 Å². The van der Waals surface area contributed by atoms with Crippen LogP contribution in [0.4, 0.5) is 4.39 Å². The number of carbonyl (C=O) groups is 2. The minimum absolute atomic E-state index is 0.0264. The maximum absolute atomic E-state index is 13.7. The standard InChI is InChI=1S/C26H30FN5O5S/c1-15(2)31-14-26(3,25(36)30(4)10-11-37-5)32-13-18(21(33)22(34)20(32)24(31)35)23-29-28-19(38-23)12-16-6-8-17(27)9-7-16/h6-9,13,15,34H,10-12,14H2,1-5H3/t26-/m1/s1. The van der Waals surface area contributed by atoms with Gasteiger partial charge in [-0.25, -0.2) is 4.39 Å². The van der Waals surface area contributed by atoms with E-state index in [1.165, 1.54) is 39.8 Å². The SMILES string of the molecule is COCCN(C)C(=O)[C@@]1(C)CN(C(C)C)C(=O)c2c(O)c(=O)c(-c3nnc(Cc4ccc(F)cc4)s3)cn21. The second-order valence-corrected chi connectivity index (χ2v) is 10.8. The molecule has 1 aliphatic rings. The summed E-state index contributed by atoms with van der Waals surface area (Å²) in [5, 5.41) is 20.1. The lowest BCUT2D eigenvalue weighted by Gasteiger charge is -2.45. The number of carbonyl (C=O) groups excluding carboxylic acids is 2. The van der Waals surface area contributed by atoms with Gasteiger partial charge in [-0.3, -0.25) is 14.4 Å². The Labute approximate surface area is 223 Å². The van der Waals surface area contributed by atoms with Crippen LogP contribution in [-0.4, -0.2) is 81.4 Å². The quantitative estimate of drug-likeness (QED) is 0.464. The summed E-state index contributed by atoms with van der Waals surface area (Å²) in [6.45, 7) is 5.97. The van der Waals surface area contributed by atoms with Gasteiger partial charge in [0, 0.05) is 39.4 Å². The Morgan fingerprint density at radius 1 is 1.26 bits per heavy atom. The highest BCUT2D eigenvalue weighted by molar-refractivity contribution is 7.14. The summed E-state index contributed by atoms with van der Waals surface area (Å²) >= 11 is 1.14. The van der Waals surface area contributed by atoms with Crippen LogP contribution in [0.5, 0.6) is 5.75 Å². The molecule has 0 unspecified atom stereocenters. The lowest BCUT2D eigenvalue weighted by Crippen LogP contribution is -2.61. The van der Waals surface area contributed by atoms with E-state index in [2.05, 4.69) is 10.2 Å². The summed E-state index contributed by atoms with van der Waals surface area (Å²) in [5.41, 5.74) is -1.50. The van der Waals surface area contributed by atoms with Gasteiger partial charge < -0.3 is 24.2 Å². The van der Waals surface area contributed by atoms with Crippen LogP contribution >= 0.6 is 11.3 Å². The summed E-state index contributed by atoms with van der Waals surface area (Å²) in [6, 6.07) is 5.70. The number of likely N-dealkylation sites (N-methyl/N-ethyl adjacent to an activating group) is 1. The minimum atomic E-state index is -1.32. The number of benzene rings is 1. The number of ether oxygens (including phenoxy) is 1. The average molecular weight is 544 g/mol. The van der Waals surface area contributed by atoms with Crippen molar-refractivity contribution in [3.8, 4) is 16.3 Å². The molecule has 12 heteroatoms. The molecule has 38 heavy (non-hydrogen) atoms. The Morgan fingerprint density at radius 3 is 2.58 bits per heavy atom. The third kappa shape index (κ3) is 4.93. The van der Waals surface area contributed by atoms with E-state index in [0.717, 1.165) is 16.9 Å². The van der Waals surface area contributed by atoms with Crippen molar-refractivity contribution in [1.29, 1.82) is 0 Å². The fraction of sp³-hybridized carbons (Fsp3) is 0.423. The number of aromatic nitrogens is 3. The zero-order valence-electron chi connectivity index (χ0n) is 21.9. The molecule has 202 valence electrons. The van der Waals surface area contributed by atoms with Crippen LogP contribution in [0.1, 0.15) is 41.8 Å². The highest BCUT2D eigenvalue weighted by atomic mass is 32.1. The highest BCUT2D eigenvalue weighted by Gasteiger charge is 2.48. The van der Waals surface area contributed by atoms with Gasteiger partial charge in [-0.1, -0.05) is 23.5 Å². The molecule has 3 aromatic rings. The fourth-order valence-corrected chi connectivity index (χ4v) is 5.38. The normalized spacial score (nSPS) is 17.1. The molecule has 0 saturated carbocycles. The van der Waals surface area contributed by atoms with Gasteiger partial charge in [0.25, 0.3) is 5.91 Å². The second kappa shape index (κ2) is 10.6. The number of nitrogens with zero attached hydrogens (tertiary/aromatic N) is 5. The first-order chi connectivity index (χ1) is 18.0. The second-order valence-electron chi connectivity index (χ2n) is 9.76. The molecular formula is C26H30FN5O5S. The molecule has 1 atom stereocenters. The van der Waals surface area contributed by atoms with Gasteiger partial charge in [0.15, 0.2) is 16.5 Å². The highest BCUT2D eigenvalue weighted by Crippen LogP contribution is 2.35. The number of hydrogen-bond acceptors (Lipinski definition) is 8. The molecule has 0 fully saturated rings. The molecule has 4 rings (SSSR count). The van der Waals surface area contributed by atoms with Crippen molar-refractivity contribution in [2.24, 2.45) is 0 Å². The van der Waals surface area contributed by atoms with Crippen molar-refractivity contribution < 1.29 is 23.8 Å². The van der Waals surface area contributed by atoms with Crippen LogP contribution < -0.4 is 5.43 Å². The molecule has 3 heterocycles. The Balaban J connectivity index is 1.81. The molecule has 1 aliphatic heterocycles. The Bertz CT molecular complexity index is 1420. The number of fused-ring (bicyclic) bond motifs is 1. The van der Waals surface area contributed by atoms with E-state index in [-0.39, 0.29) is 40.6 Å². The monoisotopic (exact) mass is 543 g/mol. The average Bonchev–Trinajstić information content (AvgIpc) is 3.35. The predicted molar refractivity (Wildman–Crippen MR) is 140 cm³/mol. The van der Waals surface area contributed by atoms with Gasteiger partial charge in [-0.05, 0) is 38.5 Å². The number of methoxy groups -OCH3 is 1. The van der Waals surface area contributed by atoms with Gasteiger partial charge in [0.2, 0.25) is 11.3 Å². The Morgan fingerprint density at radius 2 is 1.95 bits per heavy atom. The first-order valence-electron chi connectivity index (χ1n) is 12.1. The number of pyridine rings is 1. The zero-order valence-corrected chi connectivity index (χ0v) is 22.7. The molecule has 0 radical (unpaired) electrons. The van der Waals surface area contributed by atoms with Gasteiger partial charge in [0.05, 0.1) is 18.7 Å². The Kier molecular flexibility index (Phi) is 7.65. The van der Waals surface area contributed by atoms with E-state index in [0.29, 0.717) is 24.6 Å². The topological polar surface area (TPSA) is 118 Å². The van der Waals surface area contributed by atoms with Crippen molar-refractivity contribution in [1.82, 2.24) is 24.6 Å². The molecule has 0 bridgehead atoms. The third-order valence-electron chi connectivity index (χ3n) is 6.68. The largest absolute Gasteiger partial charge is 0.503 e. The summed E-state index contributed by atoms with van der Waals surface area (Å²) in [6.07, 6.45) is 1.79. The molecule has 2 aromatic heterocycles. The maximum Gasteiger partial charge on any atom is 0.274 e. The fourth-order valence-electron chi connectivity index (χ4n) is 4.50. The first-order valence-corrected chi connectivity index (χ1v) is 12.9. The van der Waals surface area contributed by atoms with Gasteiger partial charge >= 0.3 is 0 Å². The lowest BCUT2D eigenvalue weighted by molar-refractivity contribution is -0.140. The molecule has 0 aliphatic carbocycles. The van der Waals surface area contributed by atoms with Crippen molar-refractivity contribution in [2.45, 2.75) is 38.8 Å². The van der Waals surface area contributed by atoms with Gasteiger partial charge in [-0.15, -0.1) is 10.2 Å². The van der Waals surface area contributed by atoms with Crippen LogP contribution in [0.25, 0.3) is 10.6 Å². The zero-order chi connectivity index (χ0) is 27.8. The van der Waals surface area contributed by atoms with Crippen LogP contribution in [0.3, 0.4) is 0 Å². The van der Waals surface area contributed by atoms with E-state index in [9.17, 15) is 23.9 Å². The molecule has 2 amide bonds. The van der Waals surface area contributed by atoms with Crippen LogP contribution in [0.15, 0.2) is 35.3 Å². The van der Waals surface area contributed by atoms with Gasteiger partial charge in [0.1, 0.15) is 16.4 Å². The number of hydrogen-bond donors (Lipinski definition) is 1. The molecule has 1 N–H and O–H groups in total. The Hall–Kier alpha value is -3.64. The van der Waals surface area contributed by atoms with E-state index < -0.39 is 22.6 Å². The van der Waals surface area contributed by atoms with E-state index in [1.54, 1.807) is 40.0 Å². The van der Waals surface area contributed by atoms with Gasteiger partial charge in [-0.2, -0.15) is 0 Å². The summed E-state index contributed by atoms with van der Waals surface area (Å²) in [4.78, 5) is 43.4. The molecule has 0 saturated heterocycles. The third-order valence-corrected chi connectivity index (χ3v) is 7.64. The number of amides is 2. The minimum Gasteiger partial charge on any atom is -0.503 e. The smallest absolute Gasteiger partial charge is 0.274 e. The maximum atomic E-state index is 13.7. The van der Waals surface area contributed by atoms with Crippen molar-refractivity contribution in [3.05, 3.63) is 62.8 Å². The summed E-state index contributed by atoms with van der Waals surface area (Å²) < 4.78 is 19.8. The predicted octanol–water partition coefficient (Wildman–Crippen LogP) is 2.49. The van der Waals surface area contributed by atoms with E-state index >= 15 is 0 Å². The number of halogens is 1.